The topological polar surface area (TPSA) is 66.9 Å². The number of aliphatic hydroxyl groups is 1. The number of Topliss-reactive ketones (excluding diaryl/α,β-unsaturated/α-hetero) is 2. The molecular formula is C30H46O4. The van der Waals surface area contributed by atoms with E-state index in [1.54, 1.807) is 0 Å². The van der Waals surface area contributed by atoms with Crippen LogP contribution in [0.25, 0.3) is 0 Å². The maximum absolute atomic E-state index is 13.6. The molecule has 5 rings (SSSR count). The highest BCUT2D eigenvalue weighted by atomic mass is 16.6. The van der Waals surface area contributed by atoms with Gasteiger partial charge in [-0.05, 0) is 86.5 Å². The quantitative estimate of drug-likeness (QED) is 0.508. The Morgan fingerprint density at radius 1 is 0.971 bits per heavy atom. The van der Waals surface area contributed by atoms with Gasteiger partial charge in [-0.15, -0.1) is 0 Å². The summed E-state index contributed by atoms with van der Waals surface area (Å²) in [6.45, 7) is 17.9. The molecule has 34 heavy (non-hydrogen) atoms. The van der Waals surface area contributed by atoms with Crippen LogP contribution in [0, 0.1) is 39.4 Å². The van der Waals surface area contributed by atoms with Gasteiger partial charge in [0.05, 0.1) is 11.7 Å². The lowest BCUT2D eigenvalue weighted by Crippen LogP contribution is -2.62. The van der Waals surface area contributed by atoms with Gasteiger partial charge in [-0.2, -0.15) is 0 Å². The number of aliphatic hydroxyl groups excluding tert-OH is 1. The standard InChI is InChI=1S/C30H46O4/c1-17(15-19(31)25-27(4,5)34-25)24-18-9-10-22-28(6)13-12-23(33)26(2,3)21(28)11-14-29(22,7)30(18,8)16-20(24)32/h17,19,21-22,25,31H,9-16H2,1-8H3. The molecule has 8 atom stereocenters. The van der Waals surface area contributed by atoms with Crippen molar-refractivity contribution in [2.45, 2.75) is 125 Å². The maximum Gasteiger partial charge on any atom is 0.159 e. The highest BCUT2D eigenvalue weighted by Gasteiger charge is 2.67. The van der Waals surface area contributed by atoms with Crippen molar-refractivity contribution in [1.82, 2.24) is 0 Å². The molecule has 0 radical (unpaired) electrons. The number of fused-ring (bicyclic) bond motifs is 5. The predicted molar refractivity (Wildman–Crippen MR) is 133 cm³/mol. The average Bonchev–Trinajstić information content (AvgIpc) is 3.26. The molecule has 1 saturated heterocycles. The number of allylic oxidation sites excluding steroid dienone is 2. The van der Waals surface area contributed by atoms with Crippen LogP contribution in [0.4, 0.5) is 0 Å². The Bertz CT molecular complexity index is 959. The van der Waals surface area contributed by atoms with E-state index in [4.69, 9.17) is 4.74 Å². The van der Waals surface area contributed by atoms with Gasteiger partial charge in [0.15, 0.2) is 5.78 Å². The van der Waals surface area contributed by atoms with E-state index in [9.17, 15) is 14.7 Å². The van der Waals surface area contributed by atoms with E-state index < -0.39 is 6.10 Å². The van der Waals surface area contributed by atoms with E-state index in [1.165, 1.54) is 5.57 Å². The fourth-order valence-electron chi connectivity index (χ4n) is 9.91. The number of carbonyl (C=O) groups is 2. The molecule has 4 heteroatoms. The first kappa shape index (κ1) is 24.7. The summed E-state index contributed by atoms with van der Waals surface area (Å²) in [6.07, 6.45) is 6.52. The number of hydrogen-bond donors (Lipinski definition) is 1. The van der Waals surface area contributed by atoms with Crippen LogP contribution in [-0.4, -0.2) is 34.5 Å². The molecular weight excluding hydrogens is 424 g/mol. The highest BCUT2D eigenvalue weighted by Crippen LogP contribution is 2.73. The zero-order chi connectivity index (χ0) is 25.1. The second-order valence-corrected chi connectivity index (χ2v) is 14.4. The SMILES string of the molecule is CC(CC(O)C1OC1(C)C)C1=C2CCC3C4(C)CCC(=O)C(C)(C)C4CCC3(C)C2(C)CC1=O. The van der Waals surface area contributed by atoms with Crippen molar-refractivity contribution in [2.24, 2.45) is 39.4 Å². The largest absolute Gasteiger partial charge is 0.390 e. The minimum atomic E-state index is -0.527. The van der Waals surface area contributed by atoms with Crippen molar-refractivity contribution in [3.63, 3.8) is 0 Å². The van der Waals surface area contributed by atoms with E-state index in [0.29, 0.717) is 42.7 Å². The van der Waals surface area contributed by atoms with Crippen LogP contribution >= 0.6 is 0 Å². The first-order chi connectivity index (χ1) is 15.6. The summed E-state index contributed by atoms with van der Waals surface area (Å²) in [5.41, 5.74) is 2.02. The Balaban J connectivity index is 1.47. The lowest BCUT2D eigenvalue weighted by molar-refractivity contribution is -0.180. The van der Waals surface area contributed by atoms with Gasteiger partial charge in [0, 0.05) is 23.7 Å². The van der Waals surface area contributed by atoms with Gasteiger partial charge in [-0.1, -0.05) is 47.1 Å². The van der Waals surface area contributed by atoms with E-state index in [1.807, 2.05) is 13.8 Å². The molecule has 0 aromatic rings. The first-order valence-corrected chi connectivity index (χ1v) is 13.8. The van der Waals surface area contributed by atoms with E-state index >= 15 is 0 Å². The number of carbonyl (C=O) groups excluding carboxylic acids is 2. The Hall–Kier alpha value is -1.00. The van der Waals surface area contributed by atoms with Crippen molar-refractivity contribution in [3.8, 4) is 0 Å². The second-order valence-electron chi connectivity index (χ2n) is 14.4. The molecule has 8 unspecified atom stereocenters. The molecule has 1 aliphatic heterocycles. The van der Waals surface area contributed by atoms with Crippen molar-refractivity contribution < 1.29 is 19.4 Å². The summed E-state index contributed by atoms with van der Waals surface area (Å²) in [5, 5.41) is 10.8. The minimum absolute atomic E-state index is 0.0534. The first-order valence-electron chi connectivity index (χ1n) is 13.8. The Morgan fingerprint density at radius 2 is 1.62 bits per heavy atom. The molecule has 190 valence electrons. The average molecular weight is 471 g/mol. The van der Waals surface area contributed by atoms with Crippen LogP contribution < -0.4 is 0 Å². The molecule has 4 aliphatic carbocycles. The lowest BCUT2D eigenvalue weighted by atomic mass is 9.36. The van der Waals surface area contributed by atoms with Gasteiger partial charge in [0.25, 0.3) is 0 Å². The second kappa shape index (κ2) is 7.28. The molecule has 1 N–H and O–H groups in total. The third-order valence-electron chi connectivity index (χ3n) is 12.0. The van der Waals surface area contributed by atoms with Crippen molar-refractivity contribution in [1.29, 1.82) is 0 Å². The van der Waals surface area contributed by atoms with Gasteiger partial charge in [0.1, 0.15) is 11.9 Å². The molecule has 0 spiro atoms. The highest BCUT2D eigenvalue weighted by molar-refractivity contribution is 6.00. The summed E-state index contributed by atoms with van der Waals surface area (Å²) in [6, 6.07) is 0. The maximum atomic E-state index is 13.6. The molecule has 0 aromatic heterocycles. The van der Waals surface area contributed by atoms with Crippen LogP contribution in [0.5, 0.6) is 0 Å². The Labute approximate surface area is 206 Å². The summed E-state index contributed by atoms with van der Waals surface area (Å²) < 4.78 is 5.68. The summed E-state index contributed by atoms with van der Waals surface area (Å²) in [4.78, 5) is 26.5. The van der Waals surface area contributed by atoms with E-state index in [-0.39, 0.29) is 39.3 Å². The van der Waals surface area contributed by atoms with Crippen molar-refractivity contribution >= 4 is 11.6 Å². The summed E-state index contributed by atoms with van der Waals surface area (Å²) in [5.74, 6) is 1.77. The fraction of sp³-hybridized carbons (Fsp3) is 0.867. The molecule has 1 heterocycles. The van der Waals surface area contributed by atoms with Gasteiger partial charge in [-0.3, -0.25) is 9.59 Å². The number of hydrogen-bond acceptors (Lipinski definition) is 4. The van der Waals surface area contributed by atoms with Gasteiger partial charge in [-0.25, -0.2) is 0 Å². The summed E-state index contributed by atoms with van der Waals surface area (Å²) >= 11 is 0. The normalized spacial score (nSPS) is 46.4. The van der Waals surface area contributed by atoms with Gasteiger partial charge in [0.2, 0.25) is 0 Å². The number of epoxide rings is 1. The zero-order valence-electron chi connectivity index (χ0n) is 22.7. The Morgan fingerprint density at radius 3 is 2.24 bits per heavy atom. The Kier molecular flexibility index (Phi) is 5.28. The minimum Gasteiger partial charge on any atom is -0.390 e. The molecule has 0 aromatic carbocycles. The number of rotatable bonds is 4. The molecule has 4 fully saturated rings. The smallest absolute Gasteiger partial charge is 0.159 e. The van der Waals surface area contributed by atoms with Crippen LogP contribution in [0.3, 0.4) is 0 Å². The van der Waals surface area contributed by atoms with Crippen molar-refractivity contribution in [3.05, 3.63) is 11.1 Å². The van der Waals surface area contributed by atoms with E-state index in [0.717, 1.165) is 37.7 Å². The zero-order valence-corrected chi connectivity index (χ0v) is 22.7. The number of ketones is 2. The van der Waals surface area contributed by atoms with Crippen molar-refractivity contribution in [2.75, 3.05) is 0 Å². The molecule has 4 nitrogen and oxygen atoms in total. The fourth-order valence-corrected chi connectivity index (χ4v) is 9.91. The van der Waals surface area contributed by atoms with Gasteiger partial charge < -0.3 is 9.84 Å². The molecule has 5 aliphatic rings. The van der Waals surface area contributed by atoms with Crippen LogP contribution in [-0.2, 0) is 14.3 Å². The van der Waals surface area contributed by atoms with Gasteiger partial charge >= 0.3 is 0 Å². The monoisotopic (exact) mass is 470 g/mol. The molecule has 0 amide bonds. The van der Waals surface area contributed by atoms with Crippen LogP contribution in [0.1, 0.15) is 107 Å². The third kappa shape index (κ3) is 3.09. The van der Waals surface area contributed by atoms with Crippen LogP contribution in [0.15, 0.2) is 11.1 Å². The molecule has 3 saturated carbocycles. The third-order valence-corrected chi connectivity index (χ3v) is 12.0. The predicted octanol–water partition coefficient (Wildman–Crippen LogP) is 6.05. The molecule has 0 bridgehead atoms. The lowest BCUT2D eigenvalue weighted by Gasteiger charge is -2.67. The summed E-state index contributed by atoms with van der Waals surface area (Å²) in [7, 11) is 0. The number of ether oxygens (including phenoxy) is 1. The van der Waals surface area contributed by atoms with Crippen LogP contribution in [0.2, 0.25) is 0 Å². The van der Waals surface area contributed by atoms with E-state index in [2.05, 4.69) is 41.5 Å².